The van der Waals surface area contributed by atoms with Crippen LogP contribution in [0.4, 0.5) is 5.69 Å². The summed E-state index contributed by atoms with van der Waals surface area (Å²) in [6, 6.07) is 17.2. The fourth-order valence-electron chi connectivity index (χ4n) is 1.51. The smallest absolute Gasteiger partial charge is 0.259 e. The van der Waals surface area contributed by atoms with E-state index in [0.29, 0.717) is 0 Å². The number of amides is 1. The maximum Gasteiger partial charge on any atom is 0.259 e. The van der Waals surface area contributed by atoms with Gasteiger partial charge in [0.15, 0.2) is 0 Å². The molecule has 0 aliphatic carbocycles. The minimum atomic E-state index is -0.192. The maximum absolute atomic E-state index is 11.6. The quantitative estimate of drug-likeness (QED) is 0.653. The molecule has 0 spiro atoms. The number of nitrogens with one attached hydrogen (secondary N) is 2. The largest absolute Gasteiger partial charge is 0.376 e. The Balaban J connectivity index is 1.76. The third-order valence-electron chi connectivity index (χ3n) is 2.50. The van der Waals surface area contributed by atoms with E-state index in [0.717, 1.165) is 15.7 Å². The molecule has 0 radical (unpaired) electrons. The summed E-state index contributed by atoms with van der Waals surface area (Å²) in [7, 11) is 0. The third kappa shape index (κ3) is 4.85. The van der Waals surface area contributed by atoms with Crippen LogP contribution in [0.15, 0.2) is 64.2 Å². The van der Waals surface area contributed by atoms with E-state index in [2.05, 4.69) is 31.8 Å². The molecule has 2 rings (SSSR count). The summed E-state index contributed by atoms with van der Waals surface area (Å²) in [6.07, 6.45) is 1.60. The summed E-state index contributed by atoms with van der Waals surface area (Å²) in [4.78, 5) is 11.6. The second kappa shape index (κ2) is 7.45. The molecule has 2 N–H and O–H groups in total. The second-order valence-corrected chi connectivity index (χ2v) is 4.98. The van der Waals surface area contributed by atoms with Gasteiger partial charge in [0.2, 0.25) is 0 Å². The van der Waals surface area contributed by atoms with Gasteiger partial charge in [-0.3, -0.25) is 4.79 Å². The van der Waals surface area contributed by atoms with Gasteiger partial charge in [0.1, 0.15) is 0 Å². The van der Waals surface area contributed by atoms with Crippen LogP contribution >= 0.6 is 15.9 Å². The van der Waals surface area contributed by atoms with Gasteiger partial charge in [-0.05, 0) is 29.8 Å². The van der Waals surface area contributed by atoms with E-state index in [1.807, 2.05) is 54.6 Å². The van der Waals surface area contributed by atoms with Crippen molar-refractivity contribution in [2.75, 3.05) is 11.9 Å². The first-order chi connectivity index (χ1) is 9.74. The van der Waals surface area contributed by atoms with Gasteiger partial charge < -0.3 is 5.32 Å². The van der Waals surface area contributed by atoms with Gasteiger partial charge in [-0.2, -0.15) is 5.10 Å². The molecule has 0 fully saturated rings. The molecule has 20 heavy (non-hydrogen) atoms. The Hall–Kier alpha value is -2.14. The van der Waals surface area contributed by atoms with Gasteiger partial charge in [-0.25, -0.2) is 5.43 Å². The Labute approximate surface area is 126 Å². The minimum absolute atomic E-state index is 0.182. The normalized spacial score (nSPS) is 10.4. The summed E-state index contributed by atoms with van der Waals surface area (Å²) in [5.41, 5.74) is 4.30. The summed E-state index contributed by atoms with van der Waals surface area (Å²) in [5, 5.41) is 6.91. The fourth-order valence-corrected chi connectivity index (χ4v) is 1.77. The van der Waals surface area contributed by atoms with Gasteiger partial charge in [-0.15, -0.1) is 0 Å². The number of benzene rings is 2. The molecule has 0 aliphatic rings. The second-order valence-electron chi connectivity index (χ2n) is 4.06. The number of hydrogen-bond acceptors (Lipinski definition) is 3. The van der Waals surface area contributed by atoms with E-state index in [-0.39, 0.29) is 12.5 Å². The van der Waals surface area contributed by atoms with Crippen molar-refractivity contribution in [2.24, 2.45) is 5.10 Å². The lowest BCUT2D eigenvalue weighted by molar-refractivity contribution is -0.119. The highest BCUT2D eigenvalue weighted by molar-refractivity contribution is 9.10. The predicted molar refractivity (Wildman–Crippen MR) is 84.8 cm³/mol. The van der Waals surface area contributed by atoms with Crippen molar-refractivity contribution in [3.8, 4) is 0 Å². The van der Waals surface area contributed by atoms with Crippen LogP contribution in [0.25, 0.3) is 0 Å². The van der Waals surface area contributed by atoms with E-state index in [4.69, 9.17) is 0 Å². The highest BCUT2D eigenvalue weighted by atomic mass is 79.9. The Bertz CT molecular complexity index is 582. The molecule has 0 aliphatic heterocycles. The molecule has 4 nitrogen and oxygen atoms in total. The van der Waals surface area contributed by atoms with Gasteiger partial charge >= 0.3 is 0 Å². The Morgan fingerprint density at radius 1 is 1.10 bits per heavy atom. The van der Waals surface area contributed by atoms with E-state index in [1.165, 1.54) is 0 Å². The Morgan fingerprint density at radius 3 is 2.50 bits per heavy atom. The number of nitrogens with zero attached hydrogens (tertiary/aromatic N) is 1. The minimum Gasteiger partial charge on any atom is -0.376 e. The molecule has 2 aromatic carbocycles. The van der Waals surface area contributed by atoms with Crippen molar-refractivity contribution in [2.45, 2.75) is 0 Å². The highest BCUT2D eigenvalue weighted by Crippen LogP contribution is 2.08. The zero-order valence-electron chi connectivity index (χ0n) is 10.7. The molecule has 0 bridgehead atoms. The third-order valence-corrected chi connectivity index (χ3v) is 3.03. The van der Waals surface area contributed by atoms with Crippen LogP contribution in [0.5, 0.6) is 0 Å². The molecule has 2 aromatic rings. The fraction of sp³-hybridized carbons (Fsp3) is 0.0667. The van der Waals surface area contributed by atoms with E-state index in [9.17, 15) is 4.79 Å². The molecule has 102 valence electrons. The first-order valence-corrected chi connectivity index (χ1v) is 6.90. The molecule has 1 amide bonds. The van der Waals surface area contributed by atoms with Crippen LogP contribution in [-0.4, -0.2) is 18.7 Å². The van der Waals surface area contributed by atoms with Crippen molar-refractivity contribution in [1.29, 1.82) is 0 Å². The topological polar surface area (TPSA) is 53.5 Å². The van der Waals surface area contributed by atoms with E-state index < -0.39 is 0 Å². The molecule has 0 saturated carbocycles. The van der Waals surface area contributed by atoms with Crippen LogP contribution in [-0.2, 0) is 4.79 Å². The van der Waals surface area contributed by atoms with E-state index >= 15 is 0 Å². The number of para-hydroxylation sites is 1. The summed E-state index contributed by atoms with van der Waals surface area (Å²) < 4.78 is 1.01. The van der Waals surface area contributed by atoms with Gasteiger partial charge in [0, 0.05) is 10.2 Å². The molecule has 0 unspecified atom stereocenters. The van der Waals surface area contributed by atoms with Crippen molar-refractivity contribution < 1.29 is 4.79 Å². The van der Waals surface area contributed by atoms with Crippen LogP contribution in [0.1, 0.15) is 5.56 Å². The summed E-state index contributed by atoms with van der Waals surface area (Å²) in [6.45, 7) is 0.182. The summed E-state index contributed by atoms with van der Waals surface area (Å²) >= 11 is 3.36. The average Bonchev–Trinajstić information content (AvgIpc) is 2.48. The van der Waals surface area contributed by atoms with Gasteiger partial charge in [0.05, 0.1) is 12.8 Å². The van der Waals surface area contributed by atoms with Crippen LogP contribution in [0.3, 0.4) is 0 Å². The molecule has 0 saturated heterocycles. The van der Waals surface area contributed by atoms with Crippen molar-refractivity contribution in [3.63, 3.8) is 0 Å². The number of anilines is 1. The molecule has 5 heteroatoms. The molecule has 0 heterocycles. The van der Waals surface area contributed by atoms with Crippen LogP contribution in [0.2, 0.25) is 0 Å². The first-order valence-electron chi connectivity index (χ1n) is 6.10. The predicted octanol–water partition coefficient (Wildman–Crippen LogP) is 3.01. The zero-order chi connectivity index (χ0) is 14.2. The van der Waals surface area contributed by atoms with Crippen LogP contribution in [0, 0.1) is 0 Å². The number of hydrazone groups is 1. The van der Waals surface area contributed by atoms with Crippen LogP contribution < -0.4 is 10.7 Å². The lowest BCUT2D eigenvalue weighted by atomic mass is 10.2. The number of halogens is 1. The van der Waals surface area contributed by atoms with E-state index in [1.54, 1.807) is 6.21 Å². The number of rotatable bonds is 5. The van der Waals surface area contributed by atoms with Gasteiger partial charge in [-0.1, -0.05) is 46.3 Å². The van der Waals surface area contributed by atoms with Crippen molar-refractivity contribution in [3.05, 3.63) is 64.6 Å². The maximum atomic E-state index is 11.6. The number of carbonyl (C=O) groups is 1. The summed E-state index contributed by atoms with van der Waals surface area (Å²) in [5.74, 6) is -0.192. The number of hydrogen-bond donors (Lipinski definition) is 2. The molecular formula is C15H14BrN3O. The molecule has 0 aromatic heterocycles. The number of carbonyl (C=O) groups excluding carboxylic acids is 1. The Kier molecular flexibility index (Phi) is 5.32. The first kappa shape index (κ1) is 14.3. The lowest BCUT2D eigenvalue weighted by Gasteiger charge is -2.04. The monoisotopic (exact) mass is 331 g/mol. The standard InChI is InChI=1S/C15H14BrN3O/c16-13-8-6-12(7-9-13)10-18-19-15(20)11-17-14-4-2-1-3-5-14/h1-10,17H,11H2,(H,19,20)/b18-10-. The molecule has 0 atom stereocenters. The zero-order valence-corrected chi connectivity index (χ0v) is 12.3. The van der Waals surface area contributed by atoms with Crippen molar-refractivity contribution >= 4 is 33.7 Å². The molecular weight excluding hydrogens is 318 g/mol. The SMILES string of the molecule is O=C(CNc1ccccc1)N/N=C\c1ccc(Br)cc1. The Morgan fingerprint density at radius 2 is 1.80 bits per heavy atom. The average molecular weight is 332 g/mol. The van der Waals surface area contributed by atoms with Crippen molar-refractivity contribution in [1.82, 2.24) is 5.43 Å². The lowest BCUT2D eigenvalue weighted by Crippen LogP contribution is -2.25. The highest BCUT2D eigenvalue weighted by Gasteiger charge is 1.98. The van der Waals surface area contributed by atoms with Gasteiger partial charge in [0.25, 0.3) is 5.91 Å².